The van der Waals surface area contributed by atoms with Crippen LogP contribution in [0.4, 0.5) is 0 Å². The number of ether oxygens (including phenoxy) is 1. The predicted molar refractivity (Wildman–Crippen MR) is 103 cm³/mol. The molecule has 5 heteroatoms. The maximum Gasteiger partial charge on any atom is 0.251 e. The molecule has 0 unspecified atom stereocenters. The van der Waals surface area contributed by atoms with Gasteiger partial charge in [-0.15, -0.1) is 0 Å². The third-order valence-corrected chi connectivity index (χ3v) is 4.65. The molecule has 0 saturated carbocycles. The van der Waals surface area contributed by atoms with Crippen LogP contribution in [-0.2, 0) is 14.9 Å². The van der Waals surface area contributed by atoms with Gasteiger partial charge in [0.25, 0.3) is 5.91 Å². The lowest BCUT2D eigenvalue weighted by Gasteiger charge is -2.31. The van der Waals surface area contributed by atoms with Crippen LogP contribution in [0.2, 0.25) is 0 Å². The van der Waals surface area contributed by atoms with Crippen LogP contribution in [0.15, 0.2) is 24.3 Å². The standard InChI is InChI=1S/C21H32N2O3/c1-15(2)14-18(20(25)23-10-12-26-13-11-23)22-19(24)16-6-8-17(9-7-16)21(3,4)5/h6-9,15,18H,10-14H2,1-5H3,(H,22,24)/t18-/m1/s1. The molecule has 144 valence electrons. The molecular weight excluding hydrogens is 328 g/mol. The van der Waals surface area contributed by atoms with Gasteiger partial charge in [0.1, 0.15) is 6.04 Å². The molecule has 2 amide bonds. The zero-order chi connectivity index (χ0) is 19.3. The van der Waals surface area contributed by atoms with E-state index < -0.39 is 6.04 Å². The summed E-state index contributed by atoms with van der Waals surface area (Å²) in [5.74, 6) is 0.105. The molecule has 1 aliphatic rings. The molecule has 5 nitrogen and oxygen atoms in total. The Kier molecular flexibility index (Phi) is 6.81. The first-order valence-corrected chi connectivity index (χ1v) is 9.46. The highest BCUT2D eigenvalue weighted by atomic mass is 16.5. The summed E-state index contributed by atoms with van der Waals surface area (Å²) in [5, 5.41) is 2.95. The van der Waals surface area contributed by atoms with Crippen LogP contribution in [-0.4, -0.2) is 49.1 Å². The number of amides is 2. The number of rotatable bonds is 5. The minimum atomic E-state index is -0.497. The molecule has 1 N–H and O–H groups in total. The maximum atomic E-state index is 12.8. The Labute approximate surface area is 157 Å². The van der Waals surface area contributed by atoms with E-state index in [1.165, 1.54) is 5.56 Å². The number of nitrogens with zero attached hydrogens (tertiary/aromatic N) is 1. The van der Waals surface area contributed by atoms with Crippen molar-refractivity contribution in [1.29, 1.82) is 0 Å². The lowest BCUT2D eigenvalue weighted by atomic mass is 9.86. The lowest BCUT2D eigenvalue weighted by Crippen LogP contribution is -2.52. The lowest BCUT2D eigenvalue weighted by molar-refractivity contribution is -0.137. The highest BCUT2D eigenvalue weighted by Gasteiger charge is 2.28. The first-order chi connectivity index (χ1) is 12.2. The molecule has 0 aliphatic carbocycles. The van der Waals surface area contributed by atoms with E-state index in [1.807, 2.05) is 24.3 Å². The zero-order valence-corrected chi connectivity index (χ0v) is 16.7. The molecule has 1 aliphatic heterocycles. The number of hydrogen-bond acceptors (Lipinski definition) is 3. The Morgan fingerprint density at radius 2 is 1.69 bits per heavy atom. The second-order valence-electron chi connectivity index (χ2n) is 8.42. The second-order valence-corrected chi connectivity index (χ2v) is 8.42. The fourth-order valence-corrected chi connectivity index (χ4v) is 3.06. The van der Waals surface area contributed by atoms with Gasteiger partial charge >= 0.3 is 0 Å². The van der Waals surface area contributed by atoms with E-state index in [1.54, 1.807) is 4.90 Å². The van der Waals surface area contributed by atoms with Gasteiger partial charge in [-0.2, -0.15) is 0 Å². The quantitative estimate of drug-likeness (QED) is 0.878. The van der Waals surface area contributed by atoms with E-state index in [9.17, 15) is 9.59 Å². The van der Waals surface area contributed by atoms with Crippen molar-refractivity contribution in [3.63, 3.8) is 0 Å². The van der Waals surface area contributed by atoms with E-state index in [0.717, 1.165) is 0 Å². The number of carbonyl (C=O) groups is 2. The van der Waals surface area contributed by atoms with Crippen molar-refractivity contribution >= 4 is 11.8 Å². The summed E-state index contributed by atoms with van der Waals surface area (Å²) in [7, 11) is 0. The van der Waals surface area contributed by atoms with Gasteiger partial charge in [-0.1, -0.05) is 46.8 Å². The number of morpholine rings is 1. The van der Waals surface area contributed by atoms with E-state index in [-0.39, 0.29) is 17.2 Å². The zero-order valence-electron chi connectivity index (χ0n) is 16.7. The summed E-state index contributed by atoms with van der Waals surface area (Å²) in [4.78, 5) is 27.3. The number of hydrogen-bond donors (Lipinski definition) is 1. The minimum Gasteiger partial charge on any atom is -0.378 e. The molecule has 0 spiro atoms. The minimum absolute atomic E-state index is 0.0124. The molecule has 1 saturated heterocycles. The van der Waals surface area contributed by atoms with Crippen LogP contribution in [0.5, 0.6) is 0 Å². The Morgan fingerprint density at radius 1 is 1.12 bits per heavy atom. The first-order valence-electron chi connectivity index (χ1n) is 9.46. The summed E-state index contributed by atoms with van der Waals surface area (Å²) in [6, 6.07) is 7.14. The van der Waals surface area contributed by atoms with Crippen LogP contribution in [0.3, 0.4) is 0 Å². The molecule has 26 heavy (non-hydrogen) atoms. The molecule has 2 rings (SSSR count). The molecule has 0 radical (unpaired) electrons. The highest BCUT2D eigenvalue weighted by molar-refractivity contribution is 5.97. The monoisotopic (exact) mass is 360 g/mol. The Bertz CT molecular complexity index is 611. The van der Waals surface area contributed by atoms with Gasteiger partial charge < -0.3 is 15.0 Å². The van der Waals surface area contributed by atoms with Gasteiger partial charge in [-0.05, 0) is 35.4 Å². The van der Waals surface area contributed by atoms with Gasteiger partial charge in [-0.3, -0.25) is 9.59 Å². The summed E-state index contributed by atoms with van der Waals surface area (Å²) in [5.41, 5.74) is 1.81. The van der Waals surface area contributed by atoms with E-state index >= 15 is 0 Å². The highest BCUT2D eigenvalue weighted by Crippen LogP contribution is 2.22. The van der Waals surface area contributed by atoms with Crippen molar-refractivity contribution in [2.75, 3.05) is 26.3 Å². The van der Waals surface area contributed by atoms with Crippen molar-refractivity contribution in [3.8, 4) is 0 Å². The molecule has 1 atom stereocenters. The molecule has 1 fully saturated rings. The Morgan fingerprint density at radius 3 is 2.19 bits per heavy atom. The average molecular weight is 360 g/mol. The van der Waals surface area contributed by atoms with Gasteiger partial charge in [0.05, 0.1) is 13.2 Å². The molecule has 1 aromatic carbocycles. The summed E-state index contributed by atoms with van der Waals surface area (Å²) < 4.78 is 5.32. The van der Waals surface area contributed by atoms with Crippen LogP contribution in [0, 0.1) is 5.92 Å². The number of carbonyl (C=O) groups excluding carboxylic acids is 2. The van der Waals surface area contributed by atoms with Crippen LogP contribution in [0.25, 0.3) is 0 Å². The van der Waals surface area contributed by atoms with Gasteiger partial charge in [-0.25, -0.2) is 0 Å². The largest absolute Gasteiger partial charge is 0.378 e. The third-order valence-electron chi connectivity index (χ3n) is 4.65. The Hall–Kier alpha value is -1.88. The van der Waals surface area contributed by atoms with Crippen LogP contribution >= 0.6 is 0 Å². The molecule has 1 heterocycles. The van der Waals surface area contributed by atoms with Gasteiger partial charge in [0.2, 0.25) is 5.91 Å². The second kappa shape index (κ2) is 8.67. The SMILES string of the molecule is CC(C)C[C@@H](NC(=O)c1ccc(C(C)(C)C)cc1)C(=O)N1CCOCC1. The summed E-state index contributed by atoms with van der Waals surface area (Å²) in [6.45, 7) is 12.8. The molecule has 0 bridgehead atoms. The van der Waals surface area contributed by atoms with E-state index in [2.05, 4.69) is 39.9 Å². The molecule has 1 aromatic rings. The van der Waals surface area contributed by atoms with Gasteiger partial charge in [0, 0.05) is 18.7 Å². The average Bonchev–Trinajstić information content (AvgIpc) is 2.60. The topological polar surface area (TPSA) is 58.6 Å². The normalized spacial score (nSPS) is 16.5. The molecular formula is C21H32N2O3. The predicted octanol–water partition coefficient (Wildman–Crippen LogP) is 2.99. The maximum absolute atomic E-state index is 12.8. The smallest absolute Gasteiger partial charge is 0.251 e. The summed E-state index contributed by atoms with van der Waals surface area (Å²) >= 11 is 0. The molecule has 0 aromatic heterocycles. The fraction of sp³-hybridized carbons (Fsp3) is 0.619. The van der Waals surface area contributed by atoms with Crippen molar-refractivity contribution in [2.45, 2.75) is 52.5 Å². The number of benzene rings is 1. The number of nitrogens with one attached hydrogen (secondary N) is 1. The van der Waals surface area contributed by atoms with Crippen molar-refractivity contribution in [3.05, 3.63) is 35.4 Å². The Balaban J connectivity index is 2.09. The third kappa shape index (κ3) is 5.56. The first kappa shape index (κ1) is 20.4. The van der Waals surface area contributed by atoms with Crippen molar-refractivity contribution in [2.24, 2.45) is 5.92 Å². The van der Waals surface area contributed by atoms with Crippen LogP contribution < -0.4 is 5.32 Å². The van der Waals surface area contributed by atoms with Crippen LogP contribution in [0.1, 0.15) is 57.0 Å². The van der Waals surface area contributed by atoms with Gasteiger partial charge in [0.15, 0.2) is 0 Å². The van der Waals surface area contributed by atoms with Crippen molar-refractivity contribution < 1.29 is 14.3 Å². The fourth-order valence-electron chi connectivity index (χ4n) is 3.06. The van der Waals surface area contributed by atoms with E-state index in [4.69, 9.17) is 4.74 Å². The van der Waals surface area contributed by atoms with Crippen molar-refractivity contribution in [1.82, 2.24) is 10.2 Å². The van der Waals surface area contributed by atoms with E-state index in [0.29, 0.717) is 44.2 Å². The summed E-state index contributed by atoms with van der Waals surface area (Å²) in [6.07, 6.45) is 0.627.